The van der Waals surface area contributed by atoms with Crippen LogP contribution in [0.4, 0.5) is 0 Å². The molecule has 0 aliphatic carbocycles. The smallest absolute Gasteiger partial charge is 0.123 e. The van der Waals surface area contributed by atoms with Gasteiger partial charge < -0.3 is 33.5 Å². The van der Waals surface area contributed by atoms with Crippen LogP contribution in [0.25, 0.3) is 0 Å². The Balaban J connectivity index is 0.883. The molecule has 3 atom stereocenters. The Morgan fingerprint density at radius 1 is 0.651 bits per heavy atom. The molecule has 2 saturated heterocycles. The zero-order valence-corrected chi connectivity index (χ0v) is 24.4. The van der Waals surface area contributed by atoms with Crippen LogP contribution in [-0.2, 0) is 22.3 Å². The first-order valence-electron chi connectivity index (χ1n) is 14.8. The molecule has 224 valence electrons. The number of aliphatic hydroxyl groups excluding tert-OH is 1. The van der Waals surface area contributed by atoms with E-state index in [0.717, 1.165) is 37.6 Å². The van der Waals surface area contributed by atoms with E-state index < -0.39 is 6.10 Å². The monoisotopic (exact) mass is 582 g/mol. The maximum atomic E-state index is 10.4. The van der Waals surface area contributed by atoms with Crippen molar-refractivity contribution < 1.29 is 33.5 Å². The third-order valence-corrected chi connectivity index (χ3v) is 7.41. The Kier molecular flexibility index (Phi) is 9.13. The van der Waals surface area contributed by atoms with E-state index in [2.05, 4.69) is 31.2 Å². The Morgan fingerprint density at radius 3 is 1.40 bits per heavy atom. The normalized spacial score (nSPS) is 19.3. The minimum absolute atomic E-state index is 0.116. The number of hydrogen-bond donors (Lipinski definition) is 1. The molecule has 7 heteroatoms. The number of ether oxygens (including phenoxy) is 6. The maximum Gasteiger partial charge on any atom is 0.123 e. The molecule has 0 amide bonds. The molecule has 3 unspecified atom stereocenters. The quantitative estimate of drug-likeness (QED) is 0.172. The molecule has 43 heavy (non-hydrogen) atoms. The van der Waals surface area contributed by atoms with E-state index in [1.165, 1.54) is 22.3 Å². The number of rotatable bonds is 16. The molecule has 2 aliphatic heterocycles. The number of hydrogen-bond acceptors (Lipinski definition) is 7. The second-order valence-electron chi connectivity index (χ2n) is 11.5. The van der Waals surface area contributed by atoms with Crippen LogP contribution < -0.4 is 18.9 Å². The highest BCUT2D eigenvalue weighted by Gasteiger charge is 2.40. The molecular formula is C36H38O7. The topological polar surface area (TPSA) is 82.2 Å². The van der Waals surface area contributed by atoms with Crippen LogP contribution in [0, 0.1) is 0 Å². The third kappa shape index (κ3) is 9.22. The largest absolute Gasteiger partial charge is 0.491 e. The van der Waals surface area contributed by atoms with Gasteiger partial charge in [-0.05, 0) is 90.6 Å². The van der Waals surface area contributed by atoms with E-state index in [1.54, 1.807) is 0 Å². The molecule has 0 spiro atoms. The average molecular weight is 583 g/mol. The van der Waals surface area contributed by atoms with Crippen molar-refractivity contribution in [2.75, 3.05) is 39.6 Å². The van der Waals surface area contributed by atoms with Crippen molar-refractivity contribution in [3.05, 3.63) is 119 Å². The predicted octanol–water partition coefficient (Wildman–Crippen LogP) is 5.63. The van der Waals surface area contributed by atoms with Crippen LogP contribution in [0.5, 0.6) is 23.0 Å². The van der Waals surface area contributed by atoms with Gasteiger partial charge in [0.05, 0.1) is 13.2 Å². The van der Waals surface area contributed by atoms with Gasteiger partial charge in [-0.2, -0.15) is 0 Å². The van der Waals surface area contributed by atoms with Crippen molar-refractivity contribution in [1.82, 2.24) is 0 Å². The number of epoxide rings is 2. The van der Waals surface area contributed by atoms with Gasteiger partial charge in [-0.1, -0.05) is 48.5 Å². The van der Waals surface area contributed by atoms with Gasteiger partial charge in [-0.3, -0.25) is 0 Å². The van der Waals surface area contributed by atoms with E-state index in [1.807, 2.05) is 72.8 Å². The molecule has 4 aromatic rings. The van der Waals surface area contributed by atoms with Crippen molar-refractivity contribution in [2.45, 2.75) is 37.6 Å². The number of aliphatic hydroxyl groups is 1. The molecule has 0 bridgehead atoms. The van der Waals surface area contributed by atoms with Gasteiger partial charge in [0.15, 0.2) is 0 Å². The summed E-state index contributed by atoms with van der Waals surface area (Å²) >= 11 is 0. The summed E-state index contributed by atoms with van der Waals surface area (Å²) in [6.07, 6.45) is 1.14. The molecule has 0 aromatic heterocycles. The van der Waals surface area contributed by atoms with Gasteiger partial charge in [-0.15, -0.1) is 0 Å². The first kappa shape index (κ1) is 29.1. The SMILES string of the molecule is CC1(COc2ccc(Cc3ccc(OCC(O)COc4ccc(Cc5ccc(OCC6CO6)cc5)cc4)cc3)cc2)CO1. The average Bonchev–Trinajstić information content (AvgIpc) is 3.98. The predicted molar refractivity (Wildman–Crippen MR) is 163 cm³/mol. The van der Waals surface area contributed by atoms with Crippen molar-refractivity contribution in [1.29, 1.82) is 0 Å². The molecule has 2 heterocycles. The third-order valence-electron chi connectivity index (χ3n) is 7.41. The summed E-state index contributed by atoms with van der Waals surface area (Å²) in [5.74, 6) is 3.14. The Bertz CT molecular complexity index is 1430. The molecule has 6 rings (SSSR count). The van der Waals surface area contributed by atoms with Gasteiger partial charge in [-0.25, -0.2) is 0 Å². The molecule has 7 nitrogen and oxygen atoms in total. The fourth-order valence-corrected chi connectivity index (χ4v) is 4.51. The van der Waals surface area contributed by atoms with Crippen LogP contribution in [-0.4, -0.2) is 62.6 Å². The lowest BCUT2D eigenvalue weighted by Crippen LogP contribution is -2.25. The van der Waals surface area contributed by atoms with E-state index in [-0.39, 0.29) is 24.9 Å². The summed E-state index contributed by atoms with van der Waals surface area (Å²) < 4.78 is 33.6. The number of benzene rings is 4. The highest BCUT2D eigenvalue weighted by molar-refractivity contribution is 5.35. The van der Waals surface area contributed by atoms with Crippen LogP contribution in [0.15, 0.2) is 97.1 Å². The fraction of sp³-hybridized carbons (Fsp3) is 0.333. The van der Waals surface area contributed by atoms with Gasteiger partial charge in [0.2, 0.25) is 0 Å². The Morgan fingerprint density at radius 2 is 1.02 bits per heavy atom. The summed E-state index contributed by atoms with van der Waals surface area (Å²) in [5, 5.41) is 10.4. The lowest BCUT2D eigenvalue weighted by molar-refractivity contribution is 0.0626. The molecular weight excluding hydrogens is 544 g/mol. The van der Waals surface area contributed by atoms with Crippen LogP contribution >= 0.6 is 0 Å². The van der Waals surface area contributed by atoms with Crippen LogP contribution in [0.2, 0.25) is 0 Å². The summed E-state index contributed by atoms with van der Waals surface area (Å²) in [7, 11) is 0. The molecule has 1 N–H and O–H groups in total. The summed E-state index contributed by atoms with van der Waals surface area (Å²) in [6.45, 7) is 5.09. The van der Waals surface area contributed by atoms with Crippen LogP contribution in [0.1, 0.15) is 29.2 Å². The van der Waals surface area contributed by atoms with Gasteiger partial charge >= 0.3 is 0 Å². The second kappa shape index (κ2) is 13.5. The fourth-order valence-electron chi connectivity index (χ4n) is 4.51. The van der Waals surface area contributed by atoms with Crippen LogP contribution in [0.3, 0.4) is 0 Å². The zero-order chi connectivity index (χ0) is 29.5. The second-order valence-corrected chi connectivity index (χ2v) is 11.5. The maximum absolute atomic E-state index is 10.4. The molecule has 2 aliphatic rings. The first-order valence-corrected chi connectivity index (χ1v) is 14.8. The lowest BCUT2D eigenvalue weighted by atomic mass is 10.0. The molecule has 0 radical (unpaired) electrons. The summed E-state index contributed by atoms with van der Waals surface area (Å²) in [6, 6.07) is 32.2. The van der Waals surface area contributed by atoms with Crippen molar-refractivity contribution >= 4 is 0 Å². The van der Waals surface area contributed by atoms with E-state index >= 15 is 0 Å². The minimum Gasteiger partial charge on any atom is -0.491 e. The van der Waals surface area contributed by atoms with Crippen molar-refractivity contribution in [3.8, 4) is 23.0 Å². The van der Waals surface area contributed by atoms with Gasteiger partial charge in [0.1, 0.15) is 67.2 Å². The zero-order valence-electron chi connectivity index (χ0n) is 24.4. The minimum atomic E-state index is -0.749. The lowest BCUT2D eigenvalue weighted by Gasteiger charge is -2.14. The van der Waals surface area contributed by atoms with E-state index in [0.29, 0.717) is 24.7 Å². The van der Waals surface area contributed by atoms with Gasteiger partial charge in [0, 0.05) is 0 Å². The first-order chi connectivity index (χ1) is 21.0. The van der Waals surface area contributed by atoms with E-state index in [9.17, 15) is 5.11 Å². The highest BCUT2D eigenvalue weighted by Crippen LogP contribution is 2.27. The van der Waals surface area contributed by atoms with Gasteiger partial charge in [0.25, 0.3) is 0 Å². The summed E-state index contributed by atoms with van der Waals surface area (Å²) in [5.41, 5.74) is 4.65. The molecule has 2 fully saturated rings. The molecule has 4 aromatic carbocycles. The van der Waals surface area contributed by atoms with E-state index in [4.69, 9.17) is 28.4 Å². The molecule has 0 saturated carbocycles. The standard InChI is InChI=1S/C36H38O7/c1-36(25-43-36)24-42-34-16-8-29(9-17-34)19-27-4-12-32(13-5-27)39-21-30(37)20-38-31-10-2-26(3-11-31)18-28-6-14-33(15-7-28)40-22-35-23-41-35/h2-17,30,35,37H,18-25H2,1H3. The van der Waals surface area contributed by atoms with Crippen molar-refractivity contribution in [3.63, 3.8) is 0 Å². The Labute approximate surface area is 252 Å². The highest BCUT2D eigenvalue weighted by atomic mass is 16.6. The van der Waals surface area contributed by atoms with Crippen molar-refractivity contribution in [2.24, 2.45) is 0 Å². The Hall–Kier alpha value is -4.04. The summed E-state index contributed by atoms with van der Waals surface area (Å²) in [4.78, 5) is 0.